The molecule has 2 aromatic rings. The maximum absolute atomic E-state index is 12.5. The van der Waals surface area contributed by atoms with Crippen LogP contribution in [0.5, 0.6) is 0 Å². The van der Waals surface area contributed by atoms with E-state index in [0.29, 0.717) is 18.7 Å². The predicted molar refractivity (Wildman–Crippen MR) is 96.3 cm³/mol. The highest BCUT2D eigenvalue weighted by molar-refractivity contribution is 6.06. The summed E-state index contributed by atoms with van der Waals surface area (Å²) in [6.45, 7) is 0.303. The third kappa shape index (κ3) is 3.95. The maximum atomic E-state index is 12.5. The molecule has 1 amide bonds. The number of nitrogens with zero attached hydrogens (tertiary/aromatic N) is 1. The zero-order valence-corrected chi connectivity index (χ0v) is 13.5. The third-order valence-corrected chi connectivity index (χ3v) is 3.82. The van der Waals surface area contributed by atoms with Gasteiger partial charge in [-0.3, -0.25) is 4.79 Å². The van der Waals surface area contributed by atoms with Gasteiger partial charge in [0.25, 0.3) is 5.91 Å². The molecule has 2 aromatic carbocycles. The molecule has 0 atom stereocenters. The number of aliphatic hydroxyl groups excluding tert-OH is 2. The molecule has 0 aliphatic carbocycles. The highest BCUT2D eigenvalue weighted by Crippen LogP contribution is 2.20. The molecule has 5 nitrogen and oxygen atoms in total. The molecular weight excluding hydrogens is 316 g/mol. The number of nitrogens with one attached hydrogen (secondary N) is 1. The summed E-state index contributed by atoms with van der Waals surface area (Å²) < 4.78 is 0. The summed E-state index contributed by atoms with van der Waals surface area (Å²) in [7, 11) is 0. The van der Waals surface area contributed by atoms with Crippen molar-refractivity contribution < 1.29 is 15.0 Å². The van der Waals surface area contributed by atoms with E-state index < -0.39 is 11.7 Å². The van der Waals surface area contributed by atoms with Crippen molar-refractivity contribution in [3.05, 3.63) is 95.1 Å². The van der Waals surface area contributed by atoms with Crippen LogP contribution in [0.3, 0.4) is 0 Å². The van der Waals surface area contributed by atoms with Gasteiger partial charge in [0, 0.05) is 13.0 Å². The number of aliphatic imine (C=N–C) groups is 1. The van der Waals surface area contributed by atoms with Gasteiger partial charge in [0.15, 0.2) is 17.2 Å². The van der Waals surface area contributed by atoms with Crippen LogP contribution in [0.1, 0.15) is 17.5 Å². The molecule has 126 valence electrons. The van der Waals surface area contributed by atoms with Crippen LogP contribution in [0, 0.1) is 0 Å². The van der Waals surface area contributed by atoms with Crippen LogP contribution in [0.25, 0.3) is 0 Å². The molecule has 5 heteroatoms. The van der Waals surface area contributed by atoms with Gasteiger partial charge in [0.2, 0.25) is 0 Å². The van der Waals surface area contributed by atoms with Crippen molar-refractivity contribution in [2.45, 2.75) is 13.0 Å². The van der Waals surface area contributed by atoms with Crippen LogP contribution in [-0.4, -0.2) is 21.8 Å². The SMILES string of the molecule is O=C(NCc1ccccc1)C1=C(O)C(O)=CCC(c2ccccc2)=N1. The number of aliphatic hydroxyl groups is 2. The van der Waals surface area contributed by atoms with Crippen molar-refractivity contribution in [3.8, 4) is 0 Å². The number of carbonyl (C=O) groups is 1. The molecule has 1 aliphatic rings. The van der Waals surface area contributed by atoms with Crippen LogP contribution in [0.15, 0.2) is 88.9 Å². The van der Waals surface area contributed by atoms with Gasteiger partial charge in [0.05, 0.1) is 5.71 Å². The number of benzene rings is 2. The second-order valence-electron chi connectivity index (χ2n) is 5.58. The molecule has 1 aliphatic heterocycles. The normalized spacial score (nSPS) is 14.4. The van der Waals surface area contributed by atoms with Crippen LogP contribution >= 0.6 is 0 Å². The van der Waals surface area contributed by atoms with E-state index in [2.05, 4.69) is 10.3 Å². The number of hydrogen-bond acceptors (Lipinski definition) is 4. The molecule has 0 spiro atoms. The number of allylic oxidation sites excluding steroid dienone is 1. The second kappa shape index (κ2) is 7.49. The fraction of sp³-hybridized carbons (Fsp3) is 0.100. The Morgan fingerprint density at radius 1 is 1.00 bits per heavy atom. The first kappa shape index (κ1) is 16.5. The lowest BCUT2D eigenvalue weighted by molar-refractivity contribution is -0.117. The minimum atomic E-state index is -0.545. The number of amides is 1. The van der Waals surface area contributed by atoms with Crippen LogP contribution in [-0.2, 0) is 11.3 Å². The Bertz CT molecular complexity index is 853. The fourth-order valence-electron chi connectivity index (χ4n) is 2.48. The van der Waals surface area contributed by atoms with Crippen molar-refractivity contribution in [3.63, 3.8) is 0 Å². The Hall–Kier alpha value is -3.34. The standard InChI is InChI=1S/C20H18N2O3/c23-17-12-11-16(15-9-5-2-6-10-15)22-18(19(17)24)20(25)21-13-14-7-3-1-4-8-14/h1-10,12,23-24H,11,13H2,(H,21,25). The summed E-state index contributed by atoms with van der Waals surface area (Å²) >= 11 is 0. The summed E-state index contributed by atoms with van der Waals surface area (Å²) in [6.07, 6.45) is 1.76. The van der Waals surface area contributed by atoms with Gasteiger partial charge in [-0.1, -0.05) is 60.7 Å². The summed E-state index contributed by atoms with van der Waals surface area (Å²) in [5.41, 5.74) is 2.16. The fourth-order valence-corrected chi connectivity index (χ4v) is 2.48. The molecule has 0 bridgehead atoms. The monoisotopic (exact) mass is 334 g/mol. The highest BCUT2D eigenvalue weighted by Gasteiger charge is 2.21. The zero-order valence-electron chi connectivity index (χ0n) is 13.5. The van der Waals surface area contributed by atoms with Gasteiger partial charge in [0.1, 0.15) is 0 Å². The topological polar surface area (TPSA) is 81.9 Å². The Kier molecular flexibility index (Phi) is 4.95. The minimum Gasteiger partial charge on any atom is -0.504 e. The Balaban J connectivity index is 1.86. The van der Waals surface area contributed by atoms with Crippen molar-refractivity contribution in [1.29, 1.82) is 0 Å². The molecule has 3 rings (SSSR count). The molecule has 3 N–H and O–H groups in total. The molecule has 0 saturated carbocycles. The summed E-state index contributed by atoms with van der Waals surface area (Å²) in [4.78, 5) is 16.8. The Morgan fingerprint density at radius 2 is 1.64 bits per heavy atom. The second-order valence-corrected chi connectivity index (χ2v) is 5.58. The summed E-state index contributed by atoms with van der Waals surface area (Å²) in [5.74, 6) is -1.41. The molecular formula is C20H18N2O3. The van der Waals surface area contributed by atoms with Gasteiger partial charge in [-0.2, -0.15) is 0 Å². The Morgan fingerprint density at radius 3 is 2.32 bits per heavy atom. The van der Waals surface area contributed by atoms with Crippen molar-refractivity contribution in [2.75, 3.05) is 0 Å². The van der Waals surface area contributed by atoms with Gasteiger partial charge < -0.3 is 15.5 Å². The number of rotatable bonds is 4. The van der Waals surface area contributed by atoms with E-state index in [9.17, 15) is 15.0 Å². The molecule has 0 fully saturated rings. The largest absolute Gasteiger partial charge is 0.504 e. The van der Waals surface area contributed by atoms with Crippen molar-refractivity contribution >= 4 is 11.6 Å². The lowest BCUT2D eigenvalue weighted by Crippen LogP contribution is -2.25. The molecule has 1 heterocycles. The quantitative estimate of drug-likeness (QED) is 0.801. The summed E-state index contributed by atoms with van der Waals surface area (Å²) in [6, 6.07) is 18.8. The van der Waals surface area contributed by atoms with E-state index >= 15 is 0 Å². The van der Waals surface area contributed by atoms with Gasteiger partial charge in [-0.05, 0) is 17.2 Å². The average Bonchev–Trinajstić information content (AvgIpc) is 2.81. The average molecular weight is 334 g/mol. The molecule has 0 unspecified atom stereocenters. The van der Waals surface area contributed by atoms with E-state index in [1.165, 1.54) is 6.08 Å². The number of carbonyl (C=O) groups excluding carboxylic acids is 1. The van der Waals surface area contributed by atoms with E-state index in [1.807, 2.05) is 60.7 Å². The molecule has 0 radical (unpaired) electrons. The maximum Gasteiger partial charge on any atom is 0.274 e. The minimum absolute atomic E-state index is 0.193. The molecule has 0 aromatic heterocycles. The molecule has 25 heavy (non-hydrogen) atoms. The smallest absolute Gasteiger partial charge is 0.274 e. The van der Waals surface area contributed by atoms with Crippen LogP contribution in [0.2, 0.25) is 0 Å². The van der Waals surface area contributed by atoms with Crippen molar-refractivity contribution in [2.24, 2.45) is 4.99 Å². The third-order valence-electron chi connectivity index (χ3n) is 3.82. The van der Waals surface area contributed by atoms with Gasteiger partial charge in [-0.15, -0.1) is 0 Å². The van der Waals surface area contributed by atoms with Crippen molar-refractivity contribution in [1.82, 2.24) is 5.32 Å². The van der Waals surface area contributed by atoms with Crippen LogP contribution < -0.4 is 5.32 Å². The van der Waals surface area contributed by atoms with E-state index in [-0.39, 0.29) is 11.5 Å². The van der Waals surface area contributed by atoms with E-state index in [0.717, 1.165) is 11.1 Å². The zero-order chi connectivity index (χ0) is 17.6. The van der Waals surface area contributed by atoms with E-state index in [4.69, 9.17) is 0 Å². The summed E-state index contributed by atoms with van der Waals surface area (Å²) in [5, 5.41) is 22.8. The van der Waals surface area contributed by atoms with Gasteiger partial charge >= 0.3 is 0 Å². The first-order valence-electron chi connectivity index (χ1n) is 7.93. The van der Waals surface area contributed by atoms with E-state index in [1.54, 1.807) is 0 Å². The lowest BCUT2D eigenvalue weighted by atomic mass is 10.1. The first-order valence-corrected chi connectivity index (χ1v) is 7.93. The Labute approximate surface area is 145 Å². The predicted octanol–water partition coefficient (Wildman–Crippen LogP) is 3.41. The lowest BCUT2D eigenvalue weighted by Gasteiger charge is -2.08. The van der Waals surface area contributed by atoms with Crippen LogP contribution in [0.4, 0.5) is 0 Å². The number of hydrogen-bond donors (Lipinski definition) is 3. The molecule has 0 saturated heterocycles. The highest BCUT2D eigenvalue weighted by atomic mass is 16.3. The van der Waals surface area contributed by atoms with Gasteiger partial charge in [-0.25, -0.2) is 4.99 Å². The first-order chi connectivity index (χ1) is 12.1.